The molecule has 5 nitrogen and oxygen atoms in total. The van der Waals surface area contributed by atoms with Crippen LogP contribution in [-0.4, -0.2) is 16.0 Å². The average molecular weight is 284 g/mol. The number of hydrogen-bond acceptors (Lipinski definition) is 3. The molecule has 1 N–H and O–H groups in total. The van der Waals surface area contributed by atoms with E-state index in [2.05, 4.69) is 0 Å². The van der Waals surface area contributed by atoms with Gasteiger partial charge in [-0.2, -0.15) is 0 Å². The topological polar surface area (TPSA) is 80.4 Å². The van der Waals surface area contributed by atoms with Crippen LogP contribution < -0.4 is 0 Å². The predicted octanol–water partition coefficient (Wildman–Crippen LogP) is 3.61. The number of carboxylic acids is 1. The maximum atomic E-state index is 11.4. The van der Waals surface area contributed by atoms with Gasteiger partial charge in [0.1, 0.15) is 5.02 Å². The molecule has 1 aromatic rings. The summed E-state index contributed by atoms with van der Waals surface area (Å²) in [6, 6.07) is 4.56. The van der Waals surface area contributed by atoms with Crippen LogP contribution in [0.5, 0.6) is 0 Å². The summed E-state index contributed by atoms with van der Waals surface area (Å²) in [6.45, 7) is 1.90. The Kier molecular flexibility index (Phi) is 3.49. The number of nitro groups is 1. The third kappa shape index (κ3) is 2.30. The van der Waals surface area contributed by atoms with Gasteiger partial charge in [-0.05, 0) is 36.8 Å². The molecule has 19 heavy (non-hydrogen) atoms. The minimum absolute atomic E-state index is 0.0729. The van der Waals surface area contributed by atoms with Crippen molar-refractivity contribution < 1.29 is 14.8 Å². The Morgan fingerprint density at radius 3 is 2.63 bits per heavy atom. The normalized spacial score (nSPS) is 17.8. The lowest BCUT2D eigenvalue weighted by Crippen LogP contribution is -2.23. The molecule has 0 amide bonds. The molecule has 1 saturated carbocycles. The Balaban J connectivity index is 2.43. The molecule has 1 aromatic carbocycles. The van der Waals surface area contributed by atoms with Gasteiger partial charge in [-0.3, -0.25) is 14.9 Å². The maximum absolute atomic E-state index is 11.4. The first kappa shape index (κ1) is 13.8. The van der Waals surface area contributed by atoms with Crippen LogP contribution in [0.25, 0.3) is 0 Å². The van der Waals surface area contributed by atoms with E-state index in [9.17, 15) is 20.0 Å². The minimum Gasteiger partial charge on any atom is -0.481 e. The Morgan fingerprint density at radius 2 is 2.21 bits per heavy atom. The molecule has 0 heterocycles. The van der Waals surface area contributed by atoms with Gasteiger partial charge in [-0.25, -0.2) is 0 Å². The lowest BCUT2D eigenvalue weighted by Gasteiger charge is -2.22. The molecule has 0 bridgehead atoms. The predicted molar refractivity (Wildman–Crippen MR) is 70.4 cm³/mol. The molecule has 0 aromatic heterocycles. The molecular weight excluding hydrogens is 270 g/mol. The first-order valence-corrected chi connectivity index (χ1v) is 6.47. The number of rotatable bonds is 5. The van der Waals surface area contributed by atoms with Crippen molar-refractivity contribution in [2.45, 2.75) is 32.1 Å². The molecule has 1 aliphatic rings. The van der Waals surface area contributed by atoms with Gasteiger partial charge in [0.05, 0.1) is 10.3 Å². The second kappa shape index (κ2) is 4.81. The van der Waals surface area contributed by atoms with E-state index in [0.717, 1.165) is 0 Å². The van der Waals surface area contributed by atoms with Crippen LogP contribution in [0.4, 0.5) is 5.69 Å². The Labute approximate surface area is 115 Å². The van der Waals surface area contributed by atoms with Crippen LogP contribution in [0.3, 0.4) is 0 Å². The number of benzene rings is 1. The highest BCUT2D eigenvalue weighted by Gasteiger charge is 2.55. The SMILES string of the molecule is CCC(c1ccc(Cl)c([N+](=O)[O-])c1)C1(C(=O)O)CC1. The second-order valence-corrected chi connectivity index (χ2v) is 5.30. The number of halogens is 1. The fraction of sp³-hybridized carbons (Fsp3) is 0.462. The van der Waals surface area contributed by atoms with E-state index >= 15 is 0 Å². The first-order valence-electron chi connectivity index (χ1n) is 6.09. The summed E-state index contributed by atoms with van der Waals surface area (Å²) in [6.07, 6.45) is 1.87. The van der Waals surface area contributed by atoms with Crippen LogP contribution in [0.2, 0.25) is 5.02 Å². The number of aliphatic carboxylic acids is 1. The van der Waals surface area contributed by atoms with Crippen LogP contribution >= 0.6 is 11.6 Å². The number of carbonyl (C=O) groups is 1. The molecule has 1 fully saturated rings. The smallest absolute Gasteiger partial charge is 0.310 e. The standard InChI is InChI=1S/C13H14ClNO4/c1-2-9(13(5-6-13)12(16)17)8-3-4-10(14)11(7-8)15(18)19/h3-4,7,9H,2,5-6H2,1H3,(H,16,17). The highest BCUT2D eigenvalue weighted by Crippen LogP contribution is 2.57. The first-order chi connectivity index (χ1) is 8.92. The van der Waals surface area contributed by atoms with Gasteiger partial charge in [0.2, 0.25) is 0 Å². The summed E-state index contributed by atoms with van der Waals surface area (Å²) in [5, 5.41) is 20.3. The molecule has 2 rings (SSSR count). The van der Waals surface area contributed by atoms with Gasteiger partial charge >= 0.3 is 5.97 Å². The third-order valence-electron chi connectivity index (χ3n) is 3.86. The Bertz CT molecular complexity index is 539. The van der Waals surface area contributed by atoms with Crippen molar-refractivity contribution in [2.24, 2.45) is 5.41 Å². The molecular formula is C13H14ClNO4. The highest BCUT2D eigenvalue weighted by atomic mass is 35.5. The van der Waals surface area contributed by atoms with Crippen molar-refractivity contribution in [3.8, 4) is 0 Å². The Morgan fingerprint density at radius 1 is 1.58 bits per heavy atom. The van der Waals surface area contributed by atoms with Gasteiger partial charge in [-0.15, -0.1) is 0 Å². The lowest BCUT2D eigenvalue weighted by molar-refractivity contribution is -0.384. The van der Waals surface area contributed by atoms with E-state index in [1.54, 1.807) is 6.07 Å². The zero-order valence-corrected chi connectivity index (χ0v) is 11.2. The summed E-state index contributed by atoms with van der Waals surface area (Å²) in [5.74, 6) is -1.03. The number of nitrogens with zero attached hydrogens (tertiary/aromatic N) is 1. The summed E-state index contributed by atoms with van der Waals surface area (Å²) >= 11 is 5.77. The van der Waals surface area contributed by atoms with Crippen LogP contribution in [0.1, 0.15) is 37.7 Å². The van der Waals surface area contributed by atoms with Crippen molar-refractivity contribution in [2.75, 3.05) is 0 Å². The van der Waals surface area contributed by atoms with E-state index in [1.807, 2.05) is 6.92 Å². The number of nitro benzene ring substituents is 1. The van der Waals surface area contributed by atoms with Crippen LogP contribution in [0, 0.1) is 15.5 Å². The van der Waals surface area contributed by atoms with Gasteiger partial charge in [0, 0.05) is 6.07 Å². The molecule has 0 aliphatic heterocycles. The van der Waals surface area contributed by atoms with E-state index in [-0.39, 0.29) is 16.6 Å². The second-order valence-electron chi connectivity index (χ2n) is 4.89. The minimum atomic E-state index is -0.822. The van der Waals surface area contributed by atoms with Crippen molar-refractivity contribution >= 4 is 23.3 Å². The summed E-state index contributed by atoms with van der Waals surface area (Å²) in [4.78, 5) is 21.7. The van der Waals surface area contributed by atoms with Gasteiger partial charge in [0.15, 0.2) is 0 Å². The molecule has 6 heteroatoms. The molecule has 1 unspecified atom stereocenters. The van der Waals surface area contributed by atoms with E-state index in [1.165, 1.54) is 12.1 Å². The fourth-order valence-electron chi connectivity index (χ4n) is 2.68. The zero-order chi connectivity index (χ0) is 14.2. The largest absolute Gasteiger partial charge is 0.481 e. The number of hydrogen-bond donors (Lipinski definition) is 1. The third-order valence-corrected chi connectivity index (χ3v) is 4.18. The molecule has 0 radical (unpaired) electrons. The van der Waals surface area contributed by atoms with E-state index in [0.29, 0.717) is 24.8 Å². The van der Waals surface area contributed by atoms with E-state index in [4.69, 9.17) is 11.6 Å². The molecule has 0 saturated heterocycles. The highest BCUT2D eigenvalue weighted by molar-refractivity contribution is 6.32. The van der Waals surface area contributed by atoms with Gasteiger partial charge in [0.25, 0.3) is 5.69 Å². The fourth-order valence-corrected chi connectivity index (χ4v) is 2.86. The van der Waals surface area contributed by atoms with Crippen LogP contribution in [0.15, 0.2) is 18.2 Å². The zero-order valence-electron chi connectivity index (χ0n) is 10.4. The summed E-state index contributed by atoms with van der Waals surface area (Å²) in [5.41, 5.74) is -0.242. The average Bonchev–Trinajstić information content (AvgIpc) is 3.13. The molecule has 0 spiro atoms. The quantitative estimate of drug-likeness (QED) is 0.661. The number of carboxylic acid groups (broad SMARTS) is 1. The Hall–Kier alpha value is -1.62. The van der Waals surface area contributed by atoms with Gasteiger partial charge in [-0.1, -0.05) is 24.6 Å². The monoisotopic (exact) mass is 283 g/mol. The van der Waals surface area contributed by atoms with Crippen molar-refractivity contribution in [3.63, 3.8) is 0 Å². The molecule has 102 valence electrons. The lowest BCUT2D eigenvalue weighted by atomic mass is 9.81. The van der Waals surface area contributed by atoms with Crippen molar-refractivity contribution in [1.29, 1.82) is 0 Å². The summed E-state index contributed by atoms with van der Waals surface area (Å²) < 4.78 is 0. The molecule has 1 atom stereocenters. The van der Waals surface area contributed by atoms with Crippen molar-refractivity contribution in [1.82, 2.24) is 0 Å². The maximum Gasteiger partial charge on any atom is 0.310 e. The molecule has 1 aliphatic carbocycles. The van der Waals surface area contributed by atoms with Gasteiger partial charge < -0.3 is 5.11 Å². The summed E-state index contributed by atoms with van der Waals surface area (Å²) in [7, 11) is 0. The van der Waals surface area contributed by atoms with Crippen LogP contribution in [-0.2, 0) is 4.79 Å². The van der Waals surface area contributed by atoms with E-state index < -0.39 is 16.3 Å². The van der Waals surface area contributed by atoms with Crippen molar-refractivity contribution in [3.05, 3.63) is 38.9 Å².